The van der Waals surface area contributed by atoms with Gasteiger partial charge in [0, 0.05) is 37.8 Å². The highest BCUT2D eigenvalue weighted by Gasteiger charge is 2.50. The van der Waals surface area contributed by atoms with Gasteiger partial charge < -0.3 is 10.3 Å². The van der Waals surface area contributed by atoms with E-state index in [4.69, 9.17) is 0 Å². The molecule has 6 heteroatoms. The van der Waals surface area contributed by atoms with Gasteiger partial charge in [-0.15, -0.1) is 0 Å². The van der Waals surface area contributed by atoms with Gasteiger partial charge in [0.05, 0.1) is 12.1 Å². The Kier molecular flexibility index (Phi) is 3.84. The number of nitrogens with zero attached hydrogens (tertiary/aromatic N) is 2. The van der Waals surface area contributed by atoms with Crippen molar-refractivity contribution >= 4 is 5.91 Å². The second-order valence-corrected chi connectivity index (χ2v) is 6.84. The highest BCUT2D eigenvalue weighted by Crippen LogP contribution is 2.42. The average molecular weight is 328 g/mol. The van der Waals surface area contributed by atoms with Gasteiger partial charge in [-0.3, -0.25) is 9.69 Å². The van der Waals surface area contributed by atoms with Gasteiger partial charge in [-0.25, -0.2) is 9.37 Å². The van der Waals surface area contributed by atoms with E-state index in [1.807, 2.05) is 12.1 Å². The van der Waals surface area contributed by atoms with Crippen molar-refractivity contribution in [2.24, 2.45) is 0 Å². The molecule has 4 rings (SSSR count). The van der Waals surface area contributed by atoms with E-state index in [1.165, 1.54) is 6.07 Å². The lowest BCUT2D eigenvalue weighted by Gasteiger charge is -2.39. The van der Waals surface area contributed by atoms with Crippen LogP contribution in [0.3, 0.4) is 0 Å². The van der Waals surface area contributed by atoms with Crippen LogP contribution in [0.2, 0.25) is 0 Å². The lowest BCUT2D eigenvalue weighted by atomic mass is 9.76. The molecular formula is C18H21FN4O. The van der Waals surface area contributed by atoms with Gasteiger partial charge in [0.15, 0.2) is 0 Å². The standard InChI is InChI=1S/C18H21FN4O/c19-15-5-2-1-4-13(15)14-10-23(11-16-20-8-9-21-16)12-18(14)7-3-6-17(24)22-18/h1-2,4-5,8-9,14H,3,6-7,10-12H2,(H,20,21)(H,22,24)/t14-,18+/m0/s1. The topological polar surface area (TPSA) is 61.0 Å². The summed E-state index contributed by atoms with van der Waals surface area (Å²) in [5, 5.41) is 3.20. The molecule has 2 aliphatic heterocycles. The SMILES string of the molecule is O=C1CCC[C@]2(CN(Cc3ncc[nH]3)C[C@H]2c2ccccc2F)N1. The molecule has 24 heavy (non-hydrogen) atoms. The molecule has 1 aromatic carbocycles. The van der Waals surface area contributed by atoms with Crippen molar-refractivity contribution in [3.8, 4) is 0 Å². The molecule has 3 heterocycles. The number of benzene rings is 1. The van der Waals surface area contributed by atoms with Crippen molar-refractivity contribution in [1.29, 1.82) is 0 Å². The van der Waals surface area contributed by atoms with Crippen LogP contribution < -0.4 is 5.32 Å². The number of likely N-dealkylation sites (tertiary alicyclic amines) is 1. The van der Waals surface area contributed by atoms with Crippen LogP contribution in [0.1, 0.15) is 36.6 Å². The van der Waals surface area contributed by atoms with Crippen LogP contribution >= 0.6 is 0 Å². The van der Waals surface area contributed by atoms with Crippen LogP contribution in [-0.2, 0) is 11.3 Å². The number of nitrogens with one attached hydrogen (secondary N) is 2. The third kappa shape index (κ3) is 2.71. The van der Waals surface area contributed by atoms with Gasteiger partial charge in [0.25, 0.3) is 0 Å². The molecule has 1 amide bonds. The molecule has 126 valence electrons. The zero-order valence-corrected chi connectivity index (χ0v) is 13.5. The highest BCUT2D eigenvalue weighted by molar-refractivity contribution is 5.78. The Morgan fingerprint density at radius 2 is 2.25 bits per heavy atom. The second kappa shape index (κ2) is 6.02. The maximum Gasteiger partial charge on any atom is 0.220 e. The smallest absolute Gasteiger partial charge is 0.220 e. The Labute approximate surface area is 140 Å². The van der Waals surface area contributed by atoms with Crippen LogP contribution in [0.15, 0.2) is 36.7 Å². The molecule has 2 aliphatic rings. The van der Waals surface area contributed by atoms with Crippen molar-refractivity contribution in [3.63, 3.8) is 0 Å². The van der Waals surface area contributed by atoms with E-state index in [0.717, 1.165) is 25.2 Å². The minimum absolute atomic E-state index is 0.0436. The van der Waals surface area contributed by atoms with E-state index in [2.05, 4.69) is 20.2 Å². The largest absolute Gasteiger partial charge is 0.349 e. The van der Waals surface area contributed by atoms with Crippen molar-refractivity contribution in [2.75, 3.05) is 13.1 Å². The number of carbonyl (C=O) groups is 1. The molecule has 0 saturated carbocycles. The third-order valence-corrected chi connectivity index (χ3v) is 5.24. The lowest BCUT2D eigenvalue weighted by Crippen LogP contribution is -2.56. The van der Waals surface area contributed by atoms with Gasteiger partial charge in [0.2, 0.25) is 5.91 Å². The zero-order valence-electron chi connectivity index (χ0n) is 13.5. The predicted octanol–water partition coefficient (Wildman–Crippen LogP) is 2.19. The van der Waals surface area contributed by atoms with Crippen molar-refractivity contribution in [2.45, 2.75) is 37.3 Å². The van der Waals surface area contributed by atoms with E-state index in [-0.39, 0.29) is 23.2 Å². The highest BCUT2D eigenvalue weighted by atomic mass is 19.1. The summed E-state index contributed by atoms with van der Waals surface area (Å²) in [6.45, 7) is 2.11. The number of amides is 1. The molecule has 0 bridgehead atoms. The summed E-state index contributed by atoms with van der Waals surface area (Å²) in [6.07, 6.45) is 5.83. The Morgan fingerprint density at radius 1 is 1.38 bits per heavy atom. The number of H-pyrrole nitrogens is 1. The number of piperidine rings is 1. The number of imidazole rings is 1. The van der Waals surface area contributed by atoms with E-state index in [0.29, 0.717) is 25.1 Å². The number of aromatic amines is 1. The summed E-state index contributed by atoms with van der Waals surface area (Å²) < 4.78 is 14.4. The van der Waals surface area contributed by atoms with E-state index < -0.39 is 0 Å². The molecule has 0 radical (unpaired) electrons. The summed E-state index contributed by atoms with van der Waals surface area (Å²) >= 11 is 0. The quantitative estimate of drug-likeness (QED) is 0.908. The molecule has 2 N–H and O–H groups in total. The first-order valence-electron chi connectivity index (χ1n) is 8.42. The Morgan fingerprint density at radius 3 is 3.00 bits per heavy atom. The first kappa shape index (κ1) is 15.3. The van der Waals surface area contributed by atoms with Gasteiger partial charge in [-0.05, 0) is 24.5 Å². The van der Waals surface area contributed by atoms with E-state index >= 15 is 0 Å². The number of hydrogen-bond donors (Lipinski definition) is 2. The van der Waals surface area contributed by atoms with Crippen molar-refractivity contribution < 1.29 is 9.18 Å². The normalized spacial score (nSPS) is 27.5. The number of halogens is 1. The lowest BCUT2D eigenvalue weighted by molar-refractivity contribution is -0.125. The monoisotopic (exact) mass is 328 g/mol. The molecule has 5 nitrogen and oxygen atoms in total. The fraction of sp³-hybridized carbons (Fsp3) is 0.444. The first-order chi connectivity index (χ1) is 11.7. The van der Waals surface area contributed by atoms with Crippen LogP contribution in [-0.4, -0.2) is 39.4 Å². The van der Waals surface area contributed by atoms with Gasteiger partial charge in [-0.2, -0.15) is 0 Å². The summed E-state index contributed by atoms with van der Waals surface area (Å²) in [7, 11) is 0. The van der Waals surface area contributed by atoms with E-state index in [9.17, 15) is 9.18 Å². The van der Waals surface area contributed by atoms with Gasteiger partial charge in [-0.1, -0.05) is 18.2 Å². The maximum atomic E-state index is 14.4. The molecule has 2 atom stereocenters. The van der Waals surface area contributed by atoms with Crippen LogP contribution in [0.25, 0.3) is 0 Å². The Bertz CT molecular complexity index is 732. The first-order valence-corrected chi connectivity index (χ1v) is 8.42. The summed E-state index contributed by atoms with van der Waals surface area (Å²) in [5.41, 5.74) is 0.311. The van der Waals surface area contributed by atoms with Gasteiger partial charge in [0.1, 0.15) is 11.6 Å². The molecule has 1 spiro atoms. The summed E-state index contributed by atoms with van der Waals surface area (Å²) in [5.74, 6) is 0.725. The summed E-state index contributed by atoms with van der Waals surface area (Å²) in [4.78, 5) is 21.7. The molecule has 0 aliphatic carbocycles. The summed E-state index contributed by atoms with van der Waals surface area (Å²) in [6, 6.07) is 6.92. The zero-order chi connectivity index (χ0) is 16.6. The van der Waals surface area contributed by atoms with Crippen LogP contribution in [0, 0.1) is 5.82 Å². The number of hydrogen-bond acceptors (Lipinski definition) is 3. The maximum absolute atomic E-state index is 14.4. The van der Waals surface area contributed by atoms with E-state index in [1.54, 1.807) is 18.5 Å². The number of carbonyl (C=O) groups excluding carboxylic acids is 1. The van der Waals surface area contributed by atoms with Crippen LogP contribution in [0.4, 0.5) is 4.39 Å². The predicted molar refractivity (Wildman–Crippen MR) is 87.7 cm³/mol. The average Bonchev–Trinajstić information content (AvgIpc) is 3.17. The third-order valence-electron chi connectivity index (χ3n) is 5.24. The molecular weight excluding hydrogens is 307 g/mol. The minimum Gasteiger partial charge on any atom is -0.349 e. The molecule has 2 fully saturated rings. The fourth-order valence-electron chi connectivity index (χ4n) is 4.22. The minimum atomic E-state index is -0.385. The second-order valence-electron chi connectivity index (χ2n) is 6.84. The number of aromatic nitrogens is 2. The Hall–Kier alpha value is -2.21. The molecule has 2 aromatic rings. The molecule has 1 aromatic heterocycles. The van der Waals surface area contributed by atoms with Gasteiger partial charge >= 0.3 is 0 Å². The van der Waals surface area contributed by atoms with Crippen molar-refractivity contribution in [1.82, 2.24) is 20.2 Å². The number of rotatable bonds is 3. The Balaban J connectivity index is 1.66. The fourth-order valence-corrected chi connectivity index (χ4v) is 4.22. The van der Waals surface area contributed by atoms with Crippen LogP contribution in [0.5, 0.6) is 0 Å². The van der Waals surface area contributed by atoms with Crippen molar-refractivity contribution in [3.05, 3.63) is 53.9 Å². The molecule has 2 saturated heterocycles. The molecule has 0 unspecified atom stereocenters.